The van der Waals surface area contributed by atoms with Gasteiger partial charge >= 0.3 is 0 Å². The fourth-order valence-corrected chi connectivity index (χ4v) is 2.04. The highest BCUT2D eigenvalue weighted by Gasteiger charge is 2.15. The molecule has 1 aromatic heterocycles. The molecule has 1 aromatic carbocycles. The van der Waals surface area contributed by atoms with E-state index in [9.17, 15) is 15.2 Å². The van der Waals surface area contributed by atoms with Gasteiger partial charge in [0.15, 0.2) is 0 Å². The van der Waals surface area contributed by atoms with Crippen molar-refractivity contribution in [3.63, 3.8) is 0 Å². The van der Waals surface area contributed by atoms with Crippen LogP contribution in [0.5, 0.6) is 5.75 Å². The molecule has 21 heavy (non-hydrogen) atoms. The van der Waals surface area contributed by atoms with Gasteiger partial charge < -0.3 is 9.84 Å². The fourth-order valence-electron chi connectivity index (χ4n) is 1.85. The van der Waals surface area contributed by atoms with E-state index in [2.05, 4.69) is 4.98 Å². The summed E-state index contributed by atoms with van der Waals surface area (Å²) >= 11 is 5.85. The molecular weight excluding hydrogens is 296 g/mol. The number of aliphatic hydroxyl groups is 1. The van der Waals surface area contributed by atoms with Gasteiger partial charge in [-0.3, -0.25) is 15.1 Å². The Hall–Kier alpha value is -2.18. The number of halogens is 1. The molecule has 0 atom stereocenters. The summed E-state index contributed by atoms with van der Waals surface area (Å²) < 4.78 is 5.53. The van der Waals surface area contributed by atoms with Crippen molar-refractivity contribution in [3.8, 4) is 5.75 Å². The molecule has 0 fully saturated rings. The number of nitro groups is 1. The topological polar surface area (TPSA) is 85.5 Å². The molecule has 0 aliphatic heterocycles. The van der Waals surface area contributed by atoms with E-state index in [1.54, 1.807) is 19.1 Å². The first kappa shape index (κ1) is 15.2. The number of aliphatic hydroxyl groups excluding tert-OH is 1. The maximum absolute atomic E-state index is 11.0. The summed E-state index contributed by atoms with van der Waals surface area (Å²) in [7, 11) is 0. The summed E-state index contributed by atoms with van der Waals surface area (Å²) in [5.41, 5.74) is 1.43. The van der Waals surface area contributed by atoms with Crippen molar-refractivity contribution >= 4 is 17.3 Å². The van der Waals surface area contributed by atoms with Crippen LogP contribution < -0.4 is 4.74 Å². The van der Waals surface area contributed by atoms with Gasteiger partial charge in [-0.25, -0.2) is 0 Å². The van der Waals surface area contributed by atoms with Gasteiger partial charge in [-0.05, 0) is 31.2 Å². The molecular formula is C14H13ClN2O4. The molecule has 0 saturated heterocycles. The fraction of sp³-hybridized carbons (Fsp3) is 0.214. The second kappa shape index (κ2) is 6.51. The third-order valence-corrected chi connectivity index (χ3v) is 3.08. The normalized spacial score (nSPS) is 10.4. The van der Waals surface area contributed by atoms with Gasteiger partial charge in [-0.1, -0.05) is 11.6 Å². The molecule has 0 aliphatic carbocycles. The Morgan fingerprint density at radius 2 is 2.14 bits per heavy atom. The number of pyridine rings is 1. The zero-order valence-electron chi connectivity index (χ0n) is 11.2. The van der Waals surface area contributed by atoms with Gasteiger partial charge in [-0.2, -0.15) is 0 Å². The van der Waals surface area contributed by atoms with E-state index in [0.29, 0.717) is 22.0 Å². The van der Waals surface area contributed by atoms with E-state index in [1.807, 2.05) is 0 Å². The van der Waals surface area contributed by atoms with Crippen molar-refractivity contribution in [2.24, 2.45) is 0 Å². The van der Waals surface area contributed by atoms with Crippen LogP contribution >= 0.6 is 11.6 Å². The highest BCUT2D eigenvalue weighted by atomic mass is 35.5. The summed E-state index contributed by atoms with van der Waals surface area (Å²) in [5.74, 6) is 0.386. The van der Waals surface area contributed by atoms with Crippen LogP contribution in [0.2, 0.25) is 5.02 Å². The van der Waals surface area contributed by atoms with Crippen LogP contribution in [0.1, 0.15) is 17.0 Å². The standard InChI is InChI=1S/C14H13ClN2O4/c1-9-2-5-14(12(7-18)16-9)21-8-10-6-11(15)3-4-13(10)17(19)20/h2-6,18H,7-8H2,1H3. The minimum atomic E-state index is -0.491. The molecule has 0 aliphatic rings. The van der Waals surface area contributed by atoms with Crippen LogP contribution in [-0.4, -0.2) is 15.0 Å². The number of rotatable bonds is 5. The minimum Gasteiger partial charge on any atom is -0.487 e. The highest BCUT2D eigenvalue weighted by Crippen LogP contribution is 2.25. The molecule has 2 rings (SSSR count). The van der Waals surface area contributed by atoms with E-state index in [0.717, 1.165) is 5.69 Å². The van der Waals surface area contributed by atoms with Crippen molar-refractivity contribution < 1.29 is 14.8 Å². The van der Waals surface area contributed by atoms with Gasteiger partial charge in [0, 0.05) is 16.8 Å². The van der Waals surface area contributed by atoms with Crippen LogP contribution in [-0.2, 0) is 13.2 Å². The molecule has 2 aromatic rings. The van der Waals surface area contributed by atoms with Crippen LogP contribution in [0.3, 0.4) is 0 Å². The Kier molecular flexibility index (Phi) is 4.72. The highest BCUT2D eigenvalue weighted by molar-refractivity contribution is 6.30. The molecule has 0 saturated carbocycles. The number of benzene rings is 1. The SMILES string of the molecule is Cc1ccc(OCc2cc(Cl)ccc2[N+](=O)[O-])c(CO)n1. The Bertz CT molecular complexity index is 676. The van der Waals surface area contributed by atoms with Crippen LogP contribution in [0.25, 0.3) is 0 Å². The Balaban J connectivity index is 2.24. The van der Waals surface area contributed by atoms with Gasteiger partial charge in [0.25, 0.3) is 5.69 Å². The number of aryl methyl sites for hydroxylation is 1. The van der Waals surface area contributed by atoms with E-state index in [4.69, 9.17) is 16.3 Å². The number of hydrogen-bond acceptors (Lipinski definition) is 5. The van der Waals surface area contributed by atoms with Crippen LogP contribution in [0.4, 0.5) is 5.69 Å². The van der Waals surface area contributed by atoms with Gasteiger partial charge in [0.2, 0.25) is 0 Å². The third kappa shape index (κ3) is 3.68. The molecule has 0 spiro atoms. The van der Waals surface area contributed by atoms with Gasteiger partial charge in [0.05, 0.1) is 17.1 Å². The number of nitro benzene ring substituents is 1. The van der Waals surface area contributed by atoms with Crippen molar-refractivity contribution in [2.75, 3.05) is 0 Å². The lowest BCUT2D eigenvalue weighted by Gasteiger charge is -2.10. The summed E-state index contributed by atoms with van der Waals surface area (Å²) in [6.45, 7) is 1.49. The molecule has 6 nitrogen and oxygen atoms in total. The molecule has 0 radical (unpaired) electrons. The molecule has 110 valence electrons. The molecule has 0 bridgehead atoms. The average Bonchev–Trinajstić information content (AvgIpc) is 2.45. The Morgan fingerprint density at radius 1 is 1.38 bits per heavy atom. The maximum atomic E-state index is 11.0. The largest absolute Gasteiger partial charge is 0.487 e. The predicted octanol–water partition coefficient (Wildman–Crippen LogP) is 3.02. The summed E-state index contributed by atoms with van der Waals surface area (Å²) in [6.07, 6.45) is 0. The summed E-state index contributed by atoms with van der Waals surface area (Å²) in [6, 6.07) is 7.68. The number of ether oxygens (including phenoxy) is 1. The quantitative estimate of drug-likeness (QED) is 0.678. The molecule has 1 heterocycles. The first-order valence-corrected chi connectivity index (χ1v) is 6.52. The number of aromatic nitrogens is 1. The van der Waals surface area contributed by atoms with Crippen LogP contribution in [0.15, 0.2) is 30.3 Å². The number of nitrogens with zero attached hydrogens (tertiary/aromatic N) is 2. The van der Waals surface area contributed by atoms with E-state index >= 15 is 0 Å². The molecule has 0 amide bonds. The summed E-state index contributed by atoms with van der Waals surface area (Å²) in [4.78, 5) is 14.6. The van der Waals surface area contributed by atoms with E-state index in [-0.39, 0.29) is 18.9 Å². The van der Waals surface area contributed by atoms with Crippen molar-refractivity contribution in [1.82, 2.24) is 4.98 Å². The molecule has 0 unspecified atom stereocenters. The lowest BCUT2D eigenvalue weighted by Crippen LogP contribution is -2.04. The van der Waals surface area contributed by atoms with Crippen molar-refractivity contribution in [3.05, 3.63) is 62.4 Å². The van der Waals surface area contributed by atoms with Crippen LogP contribution in [0, 0.1) is 17.0 Å². The van der Waals surface area contributed by atoms with Gasteiger partial charge in [-0.15, -0.1) is 0 Å². The zero-order valence-corrected chi connectivity index (χ0v) is 12.0. The Morgan fingerprint density at radius 3 is 2.81 bits per heavy atom. The van der Waals surface area contributed by atoms with Crippen molar-refractivity contribution in [2.45, 2.75) is 20.1 Å². The Labute approximate surface area is 126 Å². The molecule has 1 N–H and O–H groups in total. The lowest BCUT2D eigenvalue weighted by molar-refractivity contribution is -0.385. The van der Waals surface area contributed by atoms with Crippen molar-refractivity contribution in [1.29, 1.82) is 0 Å². The zero-order chi connectivity index (χ0) is 15.4. The molecule has 7 heteroatoms. The summed E-state index contributed by atoms with van der Waals surface area (Å²) in [5, 5.41) is 20.6. The van der Waals surface area contributed by atoms with E-state index < -0.39 is 4.92 Å². The van der Waals surface area contributed by atoms with E-state index in [1.165, 1.54) is 18.2 Å². The second-order valence-corrected chi connectivity index (χ2v) is 4.81. The second-order valence-electron chi connectivity index (χ2n) is 4.37. The smallest absolute Gasteiger partial charge is 0.276 e. The first-order valence-electron chi connectivity index (χ1n) is 6.14. The van der Waals surface area contributed by atoms with Gasteiger partial charge in [0.1, 0.15) is 18.1 Å². The lowest BCUT2D eigenvalue weighted by atomic mass is 10.2. The monoisotopic (exact) mass is 308 g/mol. The predicted molar refractivity (Wildman–Crippen MR) is 77.3 cm³/mol. The first-order chi connectivity index (χ1) is 10.0. The third-order valence-electron chi connectivity index (χ3n) is 2.84. The number of hydrogen-bond donors (Lipinski definition) is 1. The minimum absolute atomic E-state index is 0.0331. The maximum Gasteiger partial charge on any atom is 0.276 e. The average molecular weight is 309 g/mol.